The fourth-order valence-electron chi connectivity index (χ4n) is 3.28. The molecule has 0 spiro atoms. The molecule has 0 aromatic heterocycles. The fourth-order valence-corrected chi connectivity index (χ4v) is 3.28. The van der Waals surface area contributed by atoms with Crippen LogP contribution in [0.5, 0.6) is 5.75 Å². The number of rotatable bonds is 4. The predicted octanol–water partition coefficient (Wildman–Crippen LogP) is 3.45. The molecule has 20 heavy (non-hydrogen) atoms. The molecule has 112 valence electrons. The second kappa shape index (κ2) is 6.49. The first-order chi connectivity index (χ1) is 9.52. The highest BCUT2D eigenvalue weighted by Gasteiger charge is 2.23. The summed E-state index contributed by atoms with van der Waals surface area (Å²) in [4.78, 5) is 2.44. The zero-order valence-electron chi connectivity index (χ0n) is 13.5. The Morgan fingerprint density at radius 1 is 1.35 bits per heavy atom. The standard InChI is InChI=1S/C17H28N2O/c1-12-8-9-16(13(2)17(12)20-5)18-14(3)15-7-6-10-19(4)11-15/h8-9,14-15,18H,6-7,10-11H2,1-5H3. The summed E-state index contributed by atoms with van der Waals surface area (Å²) in [5.41, 5.74) is 3.61. The molecular formula is C17H28N2O. The van der Waals surface area contributed by atoms with Gasteiger partial charge < -0.3 is 15.0 Å². The molecule has 0 radical (unpaired) electrons. The molecular weight excluding hydrogens is 248 g/mol. The second-order valence-electron chi connectivity index (χ2n) is 6.19. The molecule has 1 saturated heterocycles. The Bertz CT molecular complexity index is 459. The molecule has 1 aromatic carbocycles. The number of anilines is 1. The van der Waals surface area contributed by atoms with Crippen LogP contribution in [0, 0.1) is 19.8 Å². The fraction of sp³-hybridized carbons (Fsp3) is 0.647. The van der Waals surface area contributed by atoms with Crippen LogP contribution < -0.4 is 10.1 Å². The largest absolute Gasteiger partial charge is 0.496 e. The van der Waals surface area contributed by atoms with Crippen molar-refractivity contribution in [3.05, 3.63) is 23.3 Å². The summed E-state index contributed by atoms with van der Waals surface area (Å²) in [5.74, 6) is 1.73. The molecule has 0 bridgehead atoms. The molecule has 1 fully saturated rings. The summed E-state index contributed by atoms with van der Waals surface area (Å²) in [7, 11) is 3.97. The van der Waals surface area contributed by atoms with E-state index >= 15 is 0 Å². The van der Waals surface area contributed by atoms with Crippen LogP contribution >= 0.6 is 0 Å². The molecule has 1 aromatic rings. The van der Waals surface area contributed by atoms with Crippen molar-refractivity contribution < 1.29 is 4.74 Å². The molecule has 1 N–H and O–H groups in total. The first-order valence-corrected chi connectivity index (χ1v) is 7.62. The third-order valence-corrected chi connectivity index (χ3v) is 4.56. The second-order valence-corrected chi connectivity index (χ2v) is 6.19. The van der Waals surface area contributed by atoms with Crippen molar-refractivity contribution in [2.24, 2.45) is 5.92 Å². The van der Waals surface area contributed by atoms with E-state index in [1.165, 1.54) is 42.7 Å². The van der Waals surface area contributed by atoms with Gasteiger partial charge in [-0.3, -0.25) is 0 Å². The van der Waals surface area contributed by atoms with Gasteiger partial charge in [-0.2, -0.15) is 0 Å². The van der Waals surface area contributed by atoms with Gasteiger partial charge in [-0.05, 0) is 64.8 Å². The van der Waals surface area contributed by atoms with Gasteiger partial charge in [0.25, 0.3) is 0 Å². The summed E-state index contributed by atoms with van der Waals surface area (Å²) >= 11 is 0. The van der Waals surface area contributed by atoms with E-state index < -0.39 is 0 Å². The molecule has 0 aliphatic carbocycles. The molecule has 3 heteroatoms. The Balaban J connectivity index is 2.09. The lowest BCUT2D eigenvalue weighted by Gasteiger charge is -2.34. The van der Waals surface area contributed by atoms with Gasteiger partial charge in [-0.1, -0.05) is 6.07 Å². The summed E-state index contributed by atoms with van der Waals surface area (Å²) < 4.78 is 5.51. The van der Waals surface area contributed by atoms with Crippen molar-refractivity contribution in [2.45, 2.75) is 39.7 Å². The van der Waals surface area contributed by atoms with Crippen LogP contribution in [0.4, 0.5) is 5.69 Å². The van der Waals surface area contributed by atoms with Crippen molar-refractivity contribution in [1.29, 1.82) is 0 Å². The zero-order chi connectivity index (χ0) is 14.7. The maximum atomic E-state index is 5.51. The molecule has 0 amide bonds. The van der Waals surface area contributed by atoms with Gasteiger partial charge in [0.2, 0.25) is 0 Å². The molecule has 1 aliphatic rings. The number of aryl methyl sites for hydroxylation is 1. The van der Waals surface area contributed by atoms with Gasteiger partial charge in [0.15, 0.2) is 0 Å². The number of nitrogens with one attached hydrogen (secondary N) is 1. The summed E-state index contributed by atoms with van der Waals surface area (Å²) in [6.45, 7) is 8.95. The average molecular weight is 276 g/mol. The smallest absolute Gasteiger partial charge is 0.126 e. The predicted molar refractivity (Wildman–Crippen MR) is 85.8 cm³/mol. The number of ether oxygens (including phenoxy) is 1. The van der Waals surface area contributed by atoms with Crippen LogP contribution in [0.15, 0.2) is 12.1 Å². The Hall–Kier alpha value is -1.22. The van der Waals surface area contributed by atoms with Gasteiger partial charge >= 0.3 is 0 Å². The number of benzene rings is 1. The van der Waals surface area contributed by atoms with Crippen LogP contribution in [0.25, 0.3) is 0 Å². The van der Waals surface area contributed by atoms with Gasteiger partial charge in [0.05, 0.1) is 7.11 Å². The normalized spacial score (nSPS) is 21.6. The third-order valence-electron chi connectivity index (χ3n) is 4.56. The Kier molecular flexibility index (Phi) is 4.92. The van der Waals surface area contributed by atoms with Gasteiger partial charge in [0.1, 0.15) is 5.75 Å². The van der Waals surface area contributed by atoms with Crippen LogP contribution in [-0.2, 0) is 0 Å². The maximum absolute atomic E-state index is 5.51. The van der Waals surface area contributed by atoms with E-state index in [2.05, 4.69) is 50.2 Å². The SMILES string of the molecule is COc1c(C)ccc(NC(C)C2CCCN(C)C2)c1C. The van der Waals surface area contributed by atoms with Gasteiger partial charge in [0, 0.05) is 23.8 Å². The quantitative estimate of drug-likeness (QED) is 0.911. The average Bonchev–Trinajstić information content (AvgIpc) is 2.42. The topological polar surface area (TPSA) is 24.5 Å². The molecule has 3 nitrogen and oxygen atoms in total. The molecule has 0 saturated carbocycles. The first kappa shape index (κ1) is 15.2. The molecule has 2 unspecified atom stereocenters. The van der Waals surface area contributed by atoms with Gasteiger partial charge in [-0.25, -0.2) is 0 Å². The summed E-state index contributed by atoms with van der Waals surface area (Å²) in [6.07, 6.45) is 2.63. The van der Waals surface area contributed by atoms with Crippen LogP contribution in [0.1, 0.15) is 30.9 Å². The Labute approximate surface area is 123 Å². The van der Waals surface area contributed by atoms with Crippen LogP contribution in [0.2, 0.25) is 0 Å². The van der Waals surface area contributed by atoms with Crippen molar-refractivity contribution in [2.75, 3.05) is 32.6 Å². The Morgan fingerprint density at radius 2 is 2.10 bits per heavy atom. The monoisotopic (exact) mass is 276 g/mol. The molecule has 1 aliphatic heterocycles. The number of hydrogen-bond donors (Lipinski definition) is 1. The minimum Gasteiger partial charge on any atom is -0.496 e. The highest BCUT2D eigenvalue weighted by Crippen LogP contribution is 2.31. The van der Waals surface area contributed by atoms with E-state index in [0.29, 0.717) is 6.04 Å². The number of nitrogens with zero attached hydrogens (tertiary/aromatic N) is 1. The van der Waals surface area contributed by atoms with Crippen LogP contribution in [-0.4, -0.2) is 38.2 Å². The molecule has 2 rings (SSSR count). The van der Waals surface area contributed by atoms with Crippen molar-refractivity contribution in [3.8, 4) is 5.75 Å². The number of methoxy groups -OCH3 is 1. The number of piperidine rings is 1. The van der Waals surface area contributed by atoms with E-state index in [9.17, 15) is 0 Å². The lowest BCUT2D eigenvalue weighted by molar-refractivity contribution is 0.197. The summed E-state index contributed by atoms with van der Waals surface area (Å²) in [6, 6.07) is 4.80. The van der Waals surface area contributed by atoms with E-state index in [0.717, 1.165) is 11.7 Å². The zero-order valence-corrected chi connectivity index (χ0v) is 13.5. The van der Waals surface area contributed by atoms with Crippen molar-refractivity contribution >= 4 is 5.69 Å². The minimum absolute atomic E-state index is 0.490. The van der Waals surface area contributed by atoms with E-state index in [4.69, 9.17) is 4.74 Å². The van der Waals surface area contributed by atoms with Crippen molar-refractivity contribution in [3.63, 3.8) is 0 Å². The van der Waals surface area contributed by atoms with E-state index in [1.807, 2.05) is 0 Å². The van der Waals surface area contributed by atoms with E-state index in [1.54, 1.807) is 7.11 Å². The summed E-state index contributed by atoms with van der Waals surface area (Å²) in [5, 5.41) is 3.70. The number of hydrogen-bond acceptors (Lipinski definition) is 3. The molecule has 2 atom stereocenters. The highest BCUT2D eigenvalue weighted by molar-refractivity contribution is 5.60. The van der Waals surface area contributed by atoms with Crippen molar-refractivity contribution in [1.82, 2.24) is 4.90 Å². The van der Waals surface area contributed by atoms with Gasteiger partial charge in [-0.15, -0.1) is 0 Å². The Morgan fingerprint density at radius 3 is 2.75 bits per heavy atom. The molecule has 1 heterocycles. The third kappa shape index (κ3) is 3.26. The lowest BCUT2D eigenvalue weighted by Crippen LogP contribution is -2.40. The highest BCUT2D eigenvalue weighted by atomic mass is 16.5. The van der Waals surface area contributed by atoms with E-state index in [-0.39, 0.29) is 0 Å². The first-order valence-electron chi connectivity index (χ1n) is 7.62. The van der Waals surface area contributed by atoms with Crippen LogP contribution in [0.3, 0.4) is 0 Å². The lowest BCUT2D eigenvalue weighted by atomic mass is 9.91. The minimum atomic E-state index is 0.490. The maximum Gasteiger partial charge on any atom is 0.126 e. The number of likely N-dealkylation sites (tertiary alicyclic amines) is 1.